The van der Waals surface area contributed by atoms with Crippen LogP contribution in [0.3, 0.4) is 0 Å². The minimum atomic E-state index is -2.03. The van der Waals surface area contributed by atoms with Crippen molar-refractivity contribution < 1.29 is 8.76 Å². The van der Waals surface area contributed by atoms with Crippen LogP contribution in [-0.2, 0) is 11.3 Å². The highest BCUT2D eigenvalue weighted by Gasteiger charge is 2.03. The Bertz CT molecular complexity index is 454. The Morgan fingerprint density at radius 3 is 3.15 bits per heavy atom. The maximum atomic E-state index is 10.5. The third-order valence-electron chi connectivity index (χ3n) is 1.55. The van der Waals surface area contributed by atoms with E-state index in [9.17, 15) is 4.21 Å². The summed E-state index contributed by atoms with van der Waals surface area (Å²) in [5.74, 6) is 0. The van der Waals surface area contributed by atoms with Gasteiger partial charge < -0.3 is 0 Å². The number of rotatable bonds is 2. The van der Waals surface area contributed by atoms with Crippen molar-refractivity contribution in [2.45, 2.75) is 0 Å². The molecule has 0 amide bonds. The van der Waals surface area contributed by atoms with E-state index in [1.165, 1.54) is 11.3 Å². The van der Waals surface area contributed by atoms with Gasteiger partial charge in [0, 0.05) is 0 Å². The number of nitrogens with zero attached hydrogens (tertiary/aromatic N) is 1. The van der Waals surface area contributed by atoms with Gasteiger partial charge in [-0.25, -0.2) is 9.19 Å². The summed E-state index contributed by atoms with van der Waals surface area (Å²) in [6, 6.07) is 5.39. The fraction of sp³-hybridized carbons (Fsp3) is 0. The fourth-order valence-electron chi connectivity index (χ4n) is 1.06. The van der Waals surface area contributed by atoms with Crippen molar-refractivity contribution >= 4 is 38.5 Å². The van der Waals surface area contributed by atoms with Gasteiger partial charge in [0.1, 0.15) is 0 Å². The van der Waals surface area contributed by atoms with E-state index in [4.69, 9.17) is 4.55 Å². The zero-order chi connectivity index (χ0) is 9.26. The maximum absolute atomic E-state index is 10.5. The number of nitrogens with one attached hydrogen (secondary N) is 1. The van der Waals surface area contributed by atoms with Crippen molar-refractivity contribution in [1.29, 1.82) is 0 Å². The molecule has 13 heavy (non-hydrogen) atoms. The quantitative estimate of drug-likeness (QED) is 0.750. The van der Waals surface area contributed by atoms with Gasteiger partial charge in [-0.1, -0.05) is 6.07 Å². The van der Waals surface area contributed by atoms with Gasteiger partial charge in [0.2, 0.25) is 0 Å². The molecular weight excluding hydrogens is 208 g/mol. The van der Waals surface area contributed by atoms with Crippen molar-refractivity contribution in [1.82, 2.24) is 4.98 Å². The Morgan fingerprint density at radius 1 is 1.54 bits per heavy atom. The number of fused-ring (bicyclic) bond motifs is 1. The molecule has 0 spiro atoms. The first kappa shape index (κ1) is 8.61. The van der Waals surface area contributed by atoms with Crippen LogP contribution >= 0.6 is 11.3 Å². The highest BCUT2D eigenvalue weighted by atomic mass is 32.2. The van der Waals surface area contributed by atoms with E-state index in [0.717, 1.165) is 10.2 Å². The monoisotopic (exact) mass is 214 g/mol. The largest absolute Gasteiger partial charge is 0.289 e. The summed E-state index contributed by atoms with van der Waals surface area (Å²) in [6.45, 7) is 0. The SMILES string of the molecule is O=S(O)Nc1cccc2ncsc12. The van der Waals surface area contributed by atoms with Crippen LogP contribution in [0.15, 0.2) is 23.7 Å². The topological polar surface area (TPSA) is 62.2 Å². The fourth-order valence-corrected chi connectivity index (χ4v) is 2.24. The highest BCUT2D eigenvalue weighted by Crippen LogP contribution is 2.26. The van der Waals surface area contributed by atoms with E-state index in [1.807, 2.05) is 6.07 Å². The third-order valence-corrected chi connectivity index (χ3v) is 2.82. The summed E-state index contributed by atoms with van der Waals surface area (Å²) < 4.78 is 22.5. The van der Waals surface area contributed by atoms with Gasteiger partial charge in [-0.2, -0.15) is 0 Å². The summed E-state index contributed by atoms with van der Waals surface area (Å²) in [5.41, 5.74) is 3.18. The molecule has 0 radical (unpaired) electrons. The van der Waals surface area contributed by atoms with Crippen LogP contribution < -0.4 is 4.72 Å². The average Bonchev–Trinajstić information content (AvgIpc) is 2.51. The number of benzene rings is 1. The van der Waals surface area contributed by atoms with Crippen LogP contribution in [0, 0.1) is 0 Å². The summed E-state index contributed by atoms with van der Waals surface area (Å²) in [7, 11) is 0. The number of hydrogen-bond donors (Lipinski definition) is 2. The molecule has 2 aromatic rings. The molecule has 1 unspecified atom stereocenters. The van der Waals surface area contributed by atoms with Crippen LogP contribution in [0.25, 0.3) is 10.2 Å². The van der Waals surface area contributed by atoms with Crippen LogP contribution in [0.5, 0.6) is 0 Å². The van der Waals surface area contributed by atoms with E-state index in [-0.39, 0.29) is 0 Å². The molecule has 0 aliphatic rings. The maximum Gasteiger partial charge on any atom is 0.259 e. The summed E-state index contributed by atoms with van der Waals surface area (Å²) in [4.78, 5) is 4.08. The molecule has 0 saturated heterocycles. The molecule has 4 nitrogen and oxygen atoms in total. The van der Waals surface area contributed by atoms with E-state index in [0.29, 0.717) is 5.69 Å². The van der Waals surface area contributed by atoms with Crippen molar-refractivity contribution in [3.63, 3.8) is 0 Å². The molecule has 0 fully saturated rings. The first-order valence-corrected chi connectivity index (χ1v) is 5.46. The molecule has 2 rings (SSSR count). The highest BCUT2D eigenvalue weighted by molar-refractivity contribution is 7.80. The zero-order valence-electron chi connectivity index (χ0n) is 6.43. The van der Waals surface area contributed by atoms with E-state index in [2.05, 4.69) is 9.71 Å². The number of anilines is 1. The molecule has 1 aromatic heterocycles. The molecule has 68 valence electrons. The predicted octanol–water partition coefficient (Wildman–Crippen LogP) is 1.84. The number of hydrogen-bond acceptors (Lipinski definition) is 3. The second-order valence-electron chi connectivity index (χ2n) is 2.36. The van der Waals surface area contributed by atoms with Gasteiger partial charge in [-0.15, -0.1) is 11.3 Å². The van der Waals surface area contributed by atoms with Gasteiger partial charge in [0.25, 0.3) is 11.3 Å². The lowest BCUT2D eigenvalue weighted by atomic mass is 10.3. The van der Waals surface area contributed by atoms with E-state index in [1.54, 1.807) is 17.6 Å². The van der Waals surface area contributed by atoms with Crippen LogP contribution in [-0.4, -0.2) is 13.7 Å². The molecule has 1 heterocycles. The standard InChI is InChI=1S/C7H6N2O2S2/c10-13(11)9-6-3-1-2-5-7(6)12-4-8-5/h1-4,9H,(H,10,11). The third kappa shape index (κ3) is 1.69. The van der Waals surface area contributed by atoms with Crippen LogP contribution in [0.2, 0.25) is 0 Å². The van der Waals surface area contributed by atoms with Gasteiger partial charge in [-0.05, 0) is 12.1 Å². The Balaban J connectivity index is 2.54. The Hall–Kier alpha value is -0.980. The molecule has 2 N–H and O–H groups in total. The predicted molar refractivity (Wildman–Crippen MR) is 54.0 cm³/mol. The average molecular weight is 214 g/mol. The minimum Gasteiger partial charge on any atom is -0.289 e. The molecule has 0 saturated carbocycles. The molecule has 1 aromatic carbocycles. The molecule has 0 aliphatic heterocycles. The van der Waals surface area contributed by atoms with E-state index >= 15 is 0 Å². The molecular formula is C7H6N2O2S2. The Morgan fingerprint density at radius 2 is 2.38 bits per heavy atom. The van der Waals surface area contributed by atoms with Crippen LogP contribution in [0.4, 0.5) is 5.69 Å². The van der Waals surface area contributed by atoms with Crippen molar-refractivity contribution in [2.24, 2.45) is 0 Å². The lowest BCUT2D eigenvalue weighted by Gasteiger charge is -2.00. The van der Waals surface area contributed by atoms with Crippen molar-refractivity contribution in [3.8, 4) is 0 Å². The Kier molecular flexibility index (Phi) is 2.26. The van der Waals surface area contributed by atoms with E-state index < -0.39 is 11.3 Å². The van der Waals surface area contributed by atoms with Crippen LogP contribution in [0.1, 0.15) is 0 Å². The summed E-state index contributed by atoms with van der Waals surface area (Å²) >= 11 is -0.591. The van der Waals surface area contributed by atoms with Gasteiger partial charge >= 0.3 is 0 Å². The first-order chi connectivity index (χ1) is 6.27. The number of aromatic nitrogens is 1. The first-order valence-electron chi connectivity index (χ1n) is 3.47. The van der Waals surface area contributed by atoms with Gasteiger partial charge in [-0.3, -0.25) is 9.27 Å². The number of thiazole rings is 1. The van der Waals surface area contributed by atoms with Crippen molar-refractivity contribution in [3.05, 3.63) is 23.7 Å². The van der Waals surface area contributed by atoms with Gasteiger partial charge in [0.05, 0.1) is 21.4 Å². The second kappa shape index (κ2) is 3.41. The molecule has 0 aliphatic carbocycles. The lowest BCUT2D eigenvalue weighted by Crippen LogP contribution is -2.01. The lowest BCUT2D eigenvalue weighted by molar-refractivity contribution is 0.570. The molecule has 0 bridgehead atoms. The smallest absolute Gasteiger partial charge is 0.259 e. The molecule has 1 atom stereocenters. The zero-order valence-corrected chi connectivity index (χ0v) is 8.06. The normalized spacial score (nSPS) is 13.0. The van der Waals surface area contributed by atoms with Gasteiger partial charge in [0.15, 0.2) is 0 Å². The molecule has 6 heteroatoms. The second-order valence-corrected chi connectivity index (χ2v) is 3.91. The Labute approximate surface area is 81.0 Å². The summed E-state index contributed by atoms with van der Waals surface area (Å²) in [5, 5.41) is 0. The minimum absolute atomic E-state index is 0.640. The van der Waals surface area contributed by atoms with Crippen molar-refractivity contribution in [2.75, 3.05) is 4.72 Å². The summed E-state index contributed by atoms with van der Waals surface area (Å²) in [6.07, 6.45) is 0.